The lowest BCUT2D eigenvalue weighted by Gasteiger charge is -2.36. The van der Waals surface area contributed by atoms with E-state index in [0.717, 1.165) is 0 Å². The molecule has 4 saturated heterocycles. The molecule has 0 amide bonds. The minimum absolute atomic E-state index is 0.0874. The van der Waals surface area contributed by atoms with Crippen molar-refractivity contribution >= 4 is 72.1 Å². The van der Waals surface area contributed by atoms with Crippen LogP contribution in [-0.4, -0.2) is 102 Å². The normalized spacial score (nSPS) is 40.7. The molecule has 8 heterocycles. The highest BCUT2D eigenvalue weighted by Crippen LogP contribution is 2.64. The van der Waals surface area contributed by atoms with Crippen LogP contribution in [0.4, 0.5) is 11.6 Å². The van der Waals surface area contributed by atoms with Crippen LogP contribution in [0, 0.1) is 0 Å². The van der Waals surface area contributed by atoms with Gasteiger partial charge < -0.3 is 30.4 Å². The molecule has 4 aliphatic heterocycles. The Balaban J connectivity index is 1.13. The molecule has 24 heteroatoms. The molecule has 20 nitrogen and oxygen atoms in total. The zero-order valence-electron chi connectivity index (χ0n) is 24.5. The lowest BCUT2D eigenvalue weighted by Crippen LogP contribution is -2.48. The second-order valence-corrected chi connectivity index (χ2v) is 17.3. The van der Waals surface area contributed by atoms with Gasteiger partial charge >= 0.3 is 13.6 Å². The summed E-state index contributed by atoms with van der Waals surface area (Å²) in [7, 11) is 1.41. The highest BCUT2D eigenvalue weighted by Gasteiger charge is 2.66. The number of nitrogen functional groups attached to an aromatic ring is 2. The van der Waals surface area contributed by atoms with Gasteiger partial charge in [0.15, 0.2) is 35.4 Å². The Kier molecular flexibility index (Phi) is 7.46. The molecule has 252 valence electrons. The second-order valence-electron chi connectivity index (χ2n) is 11.6. The number of imidazole rings is 2. The SMILES string of the molecule is CO[C@H]1[C@H](n2cnc3c(N)ncnc32)O[C@]2(C)CO[P@@](=O)(S)O[C@H]3[C@H]4OC[C@]3(CO[P@](=O)(S)O[C@@H]12)O[C@H]4n1cnc2c(N)ncnc21. The Morgan fingerprint density at radius 2 is 1.40 bits per heavy atom. The molecular weight excluding hydrogens is 702 g/mol. The average Bonchev–Trinajstić information content (AvgIpc) is 3.83. The number of thiol groups is 2. The van der Waals surface area contributed by atoms with E-state index in [4.69, 9.17) is 48.5 Å². The topological polar surface area (TPSA) is 247 Å². The first kappa shape index (κ1) is 31.8. The van der Waals surface area contributed by atoms with E-state index in [1.807, 2.05) is 0 Å². The predicted octanol–water partition coefficient (Wildman–Crippen LogP) is 1.69. The van der Waals surface area contributed by atoms with Crippen molar-refractivity contribution in [1.29, 1.82) is 0 Å². The van der Waals surface area contributed by atoms with Crippen molar-refractivity contribution < 1.29 is 46.2 Å². The van der Waals surface area contributed by atoms with Gasteiger partial charge in [-0.2, -0.15) is 0 Å². The van der Waals surface area contributed by atoms with Crippen molar-refractivity contribution in [3.8, 4) is 0 Å². The lowest BCUT2D eigenvalue weighted by molar-refractivity contribution is -0.183. The van der Waals surface area contributed by atoms with Gasteiger partial charge in [-0.1, -0.05) is 24.5 Å². The maximum atomic E-state index is 13.9. The van der Waals surface area contributed by atoms with Gasteiger partial charge in [0.1, 0.15) is 59.3 Å². The van der Waals surface area contributed by atoms with Crippen LogP contribution in [0.15, 0.2) is 25.3 Å². The summed E-state index contributed by atoms with van der Waals surface area (Å²) in [4.78, 5) is 25.1. The smallest absolute Gasteiger partial charge is 0.382 e. The first-order valence-corrected chi connectivity index (χ1v) is 19.4. The lowest BCUT2D eigenvalue weighted by atomic mass is 9.98. The molecule has 0 spiro atoms. The predicted molar refractivity (Wildman–Crippen MR) is 166 cm³/mol. The summed E-state index contributed by atoms with van der Waals surface area (Å²) in [5, 5.41) is 0. The van der Waals surface area contributed by atoms with E-state index in [-0.39, 0.29) is 18.2 Å². The molecule has 10 atom stereocenters. The van der Waals surface area contributed by atoms with Crippen LogP contribution in [0.25, 0.3) is 22.3 Å². The molecule has 0 aliphatic carbocycles. The Morgan fingerprint density at radius 1 is 0.830 bits per heavy atom. The van der Waals surface area contributed by atoms with Gasteiger partial charge in [0.05, 0.1) is 32.5 Å². The summed E-state index contributed by atoms with van der Waals surface area (Å²) in [5.41, 5.74) is 10.4. The van der Waals surface area contributed by atoms with E-state index in [2.05, 4.69) is 54.4 Å². The Hall–Kier alpha value is -2.46. The van der Waals surface area contributed by atoms with Crippen LogP contribution in [0.5, 0.6) is 0 Å². The standard InChI is InChI=1S/C23H28N10O10P2S2/c1-22-3-38-44(34,46)43-15-13-21(33-9-31-11-17(25)27-7-29-19(11)33)41-23(15,4-37-13)5-39-45(35,47)42-14(22)12(36-2)20(40-22)32-8-30-10-16(24)26-6-28-18(10)32/h6-9,12-15,20-21H,3-5H2,1-2H3,(H,34,46)(H,35,47)(H2,24,26,28)(H2,25,27,29)/t12-,13-,14+,15+,20-,21-,22-,23-,44-,45+/m1/s1. The van der Waals surface area contributed by atoms with Crippen LogP contribution in [0.2, 0.25) is 0 Å². The third kappa shape index (κ3) is 5.09. The molecule has 0 radical (unpaired) electrons. The number of ether oxygens (including phenoxy) is 4. The highest BCUT2D eigenvalue weighted by atomic mass is 32.7. The Bertz CT molecular complexity index is 1990. The first-order chi connectivity index (χ1) is 22.3. The van der Waals surface area contributed by atoms with Crippen molar-refractivity contribution in [2.24, 2.45) is 0 Å². The van der Waals surface area contributed by atoms with Gasteiger partial charge in [-0.3, -0.25) is 27.2 Å². The Morgan fingerprint density at radius 3 is 2.02 bits per heavy atom. The first-order valence-electron chi connectivity index (χ1n) is 14.0. The molecule has 4 aliphatic rings. The molecule has 4 fully saturated rings. The fraction of sp³-hybridized carbons (Fsp3) is 0.565. The average molecular weight is 731 g/mol. The van der Waals surface area contributed by atoms with Gasteiger partial charge in [0, 0.05) is 7.11 Å². The van der Waals surface area contributed by atoms with Gasteiger partial charge in [0.25, 0.3) is 0 Å². The molecule has 4 aromatic rings. The Labute approximate surface area is 275 Å². The second kappa shape index (κ2) is 11.0. The number of rotatable bonds is 3. The van der Waals surface area contributed by atoms with Gasteiger partial charge in [-0.25, -0.2) is 39.0 Å². The van der Waals surface area contributed by atoms with E-state index in [1.54, 1.807) is 16.1 Å². The summed E-state index contributed by atoms with van der Waals surface area (Å²) in [6, 6.07) is 0. The number of fused-ring (bicyclic) bond motifs is 3. The van der Waals surface area contributed by atoms with Crippen LogP contribution >= 0.6 is 38.1 Å². The maximum Gasteiger partial charge on any atom is 0.386 e. The molecule has 0 unspecified atom stereocenters. The van der Waals surface area contributed by atoms with Crippen molar-refractivity contribution in [3.63, 3.8) is 0 Å². The third-order valence-electron chi connectivity index (χ3n) is 8.62. The highest BCUT2D eigenvalue weighted by molar-refractivity contribution is 8.44. The van der Waals surface area contributed by atoms with Crippen LogP contribution in [-0.2, 0) is 46.2 Å². The maximum absolute atomic E-state index is 13.9. The third-order valence-corrected chi connectivity index (χ3v) is 11.8. The molecule has 4 N–H and O–H groups in total. The number of methoxy groups -OCH3 is 1. The van der Waals surface area contributed by atoms with Crippen molar-refractivity contribution in [3.05, 3.63) is 25.3 Å². The quantitative estimate of drug-likeness (QED) is 0.173. The zero-order chi connectivity index (χ0) is 32.9. The monoisotopic (exact) mass is 730 g/mol. The van der Waals surface area contributed by atoms with Crippen molar-refractivity contribution in [1.82, 2.24) is 39.0 Å². The van der Waals surface area contributed by atoms with Crippen molar-refractivity contribution in [2.75, 3.05) is 38.4 Å². The van der Waals surface area contributed by atoms with E-state index in [0.29, 0.717) is 22.3 Å². The summed E-state index contributed by atoms with van der Waals surface area (Å²) >= 11 is 8.59. The summed E-state index contributed by atoms with van der Waals surface area (Å²) in [6.07, 6.45) is -0.514. The molecule has 0 saturated carbocycles. The number of aromatic nitrogens is 8. The van der Waals surface area contributed by atoms with Gasteiger partial charge in [-0.15, -0.1) is 0 Å². The number of hydrogen-bond donors (Lipinski definition) is 4. The summed E-state index contributed by atoms with van der Waals surface area (Å²) in [5.74, 6) is 0.325. The minimum Gasteiger partial charge on any atom is -0.382 e. The fourth-order valence-electron chi connectivity index (χ4n) is 6.39. The molecule has 2 bridgehead atoms. The van der Waals surface area contributed by atoms with Gasteiger partial charge in [-0.05, 0) is 6.92 Å². The fourth-order valence-corrected chi connectivity index (χ4v) is 9.49. The van der Waals surface area contributed by atoms with E-state index in [1.165, 1.54) is 32.4 Å². The van der Waals surface area contributed by atoms with Crippen LogP contribution < -0.4 is 11.5 Å². The van der Waals surface area contributed by atoms with E-state index >= 15 is 0 Å². The van der Waals surface area contributed by atoms with E-state index in [9.17, 15) is 9.13 Å². The number of anilines is 2. The van der Waals surface area contributed by atoms with Crippen LogP contribution in [0.1, 0.15) is 19.4 Å². The summed E-state index contributed by atoms with van der Waals surface area (Å²) in [6.45, 7) is -7.77. The van der Waals surface area contributed by atoms with E-state index < -0.39 is 74.9 Å². The van der Waals surface area contributed by atoms with Crippen LogP contribution in [0.3, 0.4) is 0 Å². The molecule has 8 rings (SSSR count). The minimum atomic E-state index is -4.23. The van der Waals surface area contributed by atoms with Crippen molar-refractivity contribution in [2.45, 2.75) is 55.0 Å². The summed E-state index contributed by atoms with van der Waals surface area (Å²) < 4.78 is 79.5. The largest absolute Gasteiger partial charge is 0.386 e. The number of nitrogens with two attached hydrogens (primary N) is 2. The number of hydrogen-bond acceptors (Lipinski definition) is 18. The molecule has 4 aromatic heterocycles. The molecule has 0 aromatic carbocycles. The van der Waals surface area contributed by atoms with Gasteiger partial charge in [0.2, 0.25) is 0 Å². The zero-order valence-corrected chi connectivity index (χ0v) is 28.1. The molecular formula is C23H28N10O10P2S2. The molecule has 47 heavy (non-hydrogen) atoms. The number of nitrogens with zero attached hydrogens (tertiary/aromatic N) is 8.